The third-order valence-electron chi connectivity index (χ3n) is 3.28. The Morgan fingerprint density at radius 2 is 2.00 bits per heavy atom. The molecule has 0 aliphatic heterocycles. The maximum absolute atomic E-state index is 5.81. The molecule has 0 atom stereocenters. The molecule has 0 radical (unpaired) electrons. The summed E-state index contributed by atoms with van der Waals surface area (Å²) in [6, 6.07) is 7.20. The van der Waals surface area contributed by atoms with E-state index in [2.05, 4.69) is 30.7 Å². The van der Waals surface area contributed by atoms with Gasteiger partial charge in [-0.25, -0.2) is 20.4 Å². The largest absolute Gasteiger partial charge is 0.477 e. The van der Waals surface area contributed by atoms with Crippen molar-refractivity contribution < 1.29 is 9.57 Å². The molecule has 3 heterocycles. The third-order valence-corrected chi connectivity index (χ3v) is 3.28. The molecule has 0 amide bonds. The minimum atomic E-state index is 0.440. The topological polar surface area (TPSA) is 120 Å². The highest BCUT2D eigenvalue weighted by molar-refractivity contribution is 5.60. The molecule has 9 nitrogen and oxygen atoms in total. The fraction of sp³-hybridized carbons (Fsp3) is 0.176. The molecule has 0 saturated heterocycles. The minimum absolute atomic E-state index is 0.440. The van der Waals surface area contributed by atoms with E-state index in [1.807, 2.05) is 19.1 Å². The minimum Gasteiger partial charge on any atom is -0.477 e. The molecule has 0 unspecified atom stereocenters. The third kappa shape index (κ3) is 4.69. The van der Waals surface area contributed by atoms with E-state index in [1.54, 1.807) is 24.5 Å². The van der Waals surface area contributed by atoms with Crippen molar-refractivity contribution in [3.05, 3.63) is 54.7 Å². The van der Waals surface area contributed by atoms with Gasteiger partial charge in [0.1, 0.15) is 5.82 Å². The molecule has 9 heteroatoms. The number of nitrogens with zero attached hydrogens (tertiary/aromatic N) is 4. The Bertz CT molecular complexity index is 843. The van der Waals surface area contributed by atoms with Crippen LogP contribution in [0.2, 0.25) is 0 Å². The van der Waals surface area contributed by atoms with Crippen molar-refractivity contribution in [3.63, 3.8) is 0 Å². The molecule has 134 valence electrons. The van der Waals surface area contributed by atoms with Gasteiger partial charge in [0.2, 0.25) is 5.88 Å². The lowest BCUT2D eigenvalue weighted by Crippen LogP contribution is -2.09. The van der Waals surface area contributed by atoms with Crippen LogP contribution in [0.1, 0.15) is 12.6 Å². The SMILES string of the molecule is CCOc1cnc(NOc2ccnc(CNc3cccnc3N)c2)cn1. The number of hydrogen-bond acceptors (Lipinski definition) is 9. The Labute approximate surface area is 150 Å². The first kappa shape index (κ1) is 17.2. The molecule has 0 aliphatic rings. The van der Waals surface area contributed by atoms with Gasteiger partial charge in [-0.15, -0.1) is 0 Å². The molecule has 0 spiro atoms. The monoisotopic (exact) mass is 353 g/mol. The summed E-state index contributed by atoms with van der Waals surface area (Å²) in [5, 5.41) is 3.19. The van der Waals surface area contributed by atoms with Crippen LogP contribution in [0.15, 0.2) is 49.1 Å². The number of aromatic nitrogens is 4. The van der Waals surface area contributed by atoms with E-state index in [9.17, 15) is 0 Å². The first-order valence-corrected chi connectivity index (χ1v) is 8.01. The van der Waals surface area contributed by atoms with E-state index < -0.39 is 0 Å². The zero-order chi connectivity index (χ0) is 18.2. The highest BCUT2D eigenvalue weighted by Crippen LogP contribution is 2.17. The molecule has 3 rings (SSSR count). The van der Waals surface area contributed by atoms with E-state index in [4.69, 9.17) is 15.3 Å². The lowest BCUT2D eigenvalue weighted by atomic mass is 10.3. The fourth-order valence-electron chi connectivity index (χ4n) is 2.07. The van der Waals surface area contributed by atoms with Gasteiger partial charge >= 0.3 is 0 Å². The Morgan fingerprint density at radius 3 is 2.77 bits per heavy atom. The summed E-state index contributed by atoms with van der Waals surface area (Å²) in [5.74, 6) is 1.96. The van der Waals surface area contributed by atoms with Gasteiger partial charge in [-0.3, -0.25) is 4.98 Å². The van der Waals surface area contributed by atoms with Crippen molar-refractivity contribution in [1.29, 1.82) is 0 Å². The predicted octanol–water partition coefficient (Wildman–Crippen LogP) is 2.27. The van der Waals surface area contributed by atoms with Gasteiger partial charge in [0.05, 0.1) is 36.9 Å². The second-order valence-electron chi connectivity index (χ2n) is 5.15. The second-order valence-corrected chi connectivity index (χ2v) is 5.15. The molecule has 0 fully saturated rings. The number of rotatable bonds is 8. The molecule has 0 aromatic carbocycles. The van der Waals surface area contributed by atoms with Crippen LogP contribution < -0.4 is 26.1 Å². The Balaban J connectivity index is 1.56. The summed E-state index contributed by atoms with van der Waals surface area (Å²) in [6.07, 6.45) is 6.35. The van der Waals surface area contributed by atoms with Crippen LogP contribution in [0.4, 0.5) is 17.3 Å². The summed E-state index contributed by atoms with van der Waals surface area (Å²) in [5.41, 5.74) is 10.1. The van der Waals surface area contributed by atoms with Crippen LogP contribution in [0.25, 0.3) is 0 Å². The van der Waals surface area contributed by atoms with Crippen LogP contribution in [-0.2, 0) is 6.54 Å². The van der Waals surface area contributed by atoms with E-state index in [0.29, 0.717) is 36.4 Å². The predicted molar refractivity (Wildman–Crippen MR) is 97.7 cm³/mol. The summed E-state index contributed by atoms with van der Waals surface area (Å²) >= 11 is 0. The van der Waals surface area contributed by atoms with E-state index in [0.717, 1.165) is 11.4 Å². The summed E-state index contributed by atoms with van der Waals surface area (Å²) in [4.78, 5) is 22.1. The first-order valence-electron chi connectivity index (χ1n) is 8.01. The van der Waals surface area contributed by atoms with Gasteiger partial charge in [-0.1, -0.05) is 0 Å². The van der Waals surface area contributed by atoms with Crippen LogP contribution in [0.5, 0.6) is 11.6 Å². The lowest BCUT2D eigenvalue weighted by Gasteiger charge is -2.10. The molecule has 0 saturated carbocycles. The average Bonchev–Trinajstić information content (AvgIpc) is 2.67. The van der Waals surface area contributed by atoms with Gasteiger partial charge < -0.3 is 20.6 Å². The second kappa shape index (κ2) is 8.47. The molecule has 3 aromatic rings. The Hall–Kier alpha value is -3.62. The summed E-state index contributed by atoms with van der Waals surface area (Å²) < 4.78 is 5.24. The number of pyridine rings is 2. The number of nitrogens with one attached hydrogen (secondary N) is 2. The Morgan fingerprint density at radius 1 is 1.08 bits per heavy atom. The van der Waals surface area contributed by atoms with Crippen molar-refractivity contribution in [2.75, 3.05) is 23.1 Å². The van der Waals surface area contributed by atoms with Crippen molar-refractivity contribution in [2.45, 2.75) is 13.5 Å². The number of nitrogens with two attached hydrogens (primary N) is 1. The number of hydrogen-bond donors (Lipinski definition) is 3. The van der Waals surface area contributed by atoms with Gasteiger partial charge in [0, 0.05) is 24.5 Å². The highest BCUT2D eigenvalue weighted by Gasteiger charge is 2.03. The van der Waals surface area contributed by atoms with Gasteiger partial charge in [0.25, 0.3) is 0 Å². The lowest BCUT2D eigenvalue weighted by molar-refractivity contribution is 0.325. The van der Waals surface area contributed by atoms with Crippen molar-refractivity contribution >= 4 is 17.3 Å². The first-order chi connectivity index (χ1) is 12.7. The molecular formula is C17H19N7O2. The standard InChI is InChI=1S/C17H19N7O2/c1-2-25-16-11-22-15(10-23-16)24-26-13-5-7-19-12(8-13)9-21-14-4-3-6-20-17(14)18/h3-8,10-11,21H,2,9H2,1H3,(H2,18,20)(H,22,24). The van der Waals surface area contributed by atoms with Gasteiger partial charge in [0.15, 0.2) is 11.6 Å². The van der Waals surface area contributed by atoms with Crippen LogP contribution >= 0.6 is 0 Å². The average molecular weight is 353 g/mol. The maximum Gasteiger partial charge on any atom is 0.232 e. The smallest absolute Gasteiger partial charge is 0.232 e. The molecule has 0 aliphatic carbocycles. The number of nitrogen functional groups attached to an aromatic ring is 1. The summed E-state index contributed by atoms with van der Waals surface area (Å²) in [7, 11) is 0. The number of ether oxygens (including phenoxy) is 1. The van der Waals surface area contributed by atoms with E-state index >= 15 is 0 Å². The normalized spacial score (nSPS) is 10.2. The van der Waals surface area contributed by atoms with E-state index in [-0.39, 0.29) is 0 Å². The zero-order valence-electron chi connectivity index (χ0n) is 14.2. The van der Waals surface area contributed by atoms with Crippen molar-refractivity contribution in [3.8, 4) is 11.6 Å². The Kier molecular flexibility index (Phi) is 5.61. The van der Waals surface area contributed by atoms with Crippen molar-refractivity contribution in [1.82, 2.24) is 19.9 Å². The highest BCUT2D eigenvalue weighted by atomic mass is 16.6. The summed E-state index contributed by atoms with van der Waals surface area (Å²) in [6.45, 7) is 2.90. The van der Waals surface area contributed by atoms with Crippen LogP contribution in [0.3, 0.4) is 0 Å². The maximum atomic E-state index is 5.81. The van der Waals surface area contributed by atoms with Gasteiger partial charge in [-0.2, -0.15) is 0 Å². The van der Waals surface area contributed by atoms with Gasteiger partial charge in [-0.05, 0) is 19.1 Å². The number of anilines is 3. The fourth-order valence-corrected chi connectivity index (χ4v) is 2.07. The molecular weight excluding hydrogens is 334 g/mol. The van der Waals surface area contributed by atoms with Crippen LogP contribution in [0, 0.1) is 0 Å². The quantitative estimate of drug-likeness (QED) is 0.524. The van der Waals surface area contributed by atoms with Crippen LogP contribution in [-0.4, -0.2) is 26.5 Å². The molecule has 0 bridgehead atoms. The molecule has 26 heavy (non-hydrogen) atoms. The van der Waals surface area contributed by atoms with Crippen molar-refractivity contribution in [2.24, 2.45) is 0 Å². The molecule has 4 N–H and O–H groups in total. The van der Waals surface area contributed by atoms with E-state index in [1.165, 1.54) is 12.4 Å². The molecule has 3 aromatic heterocycles. The zero-order valence-corrected chi connectivity index (χ0v) is 14.2.